The van der Waals surface area contributed by atoms with Crippen molar-refractivity contribution in [1.82, 2.24) is 4.90 Å². The number of piperidine rings is 1. The van der Waals surface area contributed by atoms with Gasteiger partial charge >= 0.3 is 5.97 Å². The second kappa shape index (κ2) is 9.90. The molecule has 1 heterocycles. The van der Waals surface area contributed by atoms with Crippen LogP contribution in [0.4, 0.5) is 0 Å². The lowest BCUT2D eigenvalue weighted by Gasteiger charge is -2.30. The Kier molecular flexibility index (Phi) is 6.80. The summed E-state index contributed by atoms with van der Waals surface area (Å²) in [6, 6.07) is 19.1. The number of hydrogen-bond acceptors (Lipinski definition) is 5. The smallest absolute Gasteiger partial charge is 0.310 e. The van der Waals surface area contributed by atoms with Crippen LogP contribution in [0.2, 0.25) is 0 Å². The van der Waals surface area contributed by atoms with Crippen molar-refractivity contribution in [3.05, 3.63) is 71.3 Å². The molecule has 1 aliphatic carbocycles. The van der Waals surface area contributed by atoms with Crippen molar-refractivity contribution in [1.29, 1.82) is 0 Å². The maximum Gasteiger partial charge on any atom is 0.310 e. The highest BCUT2D eigenvalue weighted by Gasteiger charge is 2.29. The van der Waals surface area contributed by atoms with E-state index in [0.29, 0.717) is 19.1 Å². The number of esters is 1. The van der Waals surface area contributed by atoms with E-state index in [1.165, 1.54) is 16.7 Å². The van der Waals surface area contributed by atoms with Crippen LogP contribution in [0.5, 0.6) is 0 Å². The van der Waals surface area contributed by atoms with Gasteiger partial charge in [-0.15, -0.1) is 0 Å². The fourth-order valence-electron chi connectivity index (χ4n) is 4.55. The Morgan fingerprint density at radius 2 is 1.93 bits per heavy atom. The number of oxime groups is 1. The van der Waals surface area contributed by atoms with Crippen LogP contribution in [0.1, 0.15) is 48.8 Å². The van der Waals surface area contributed by atoms with E-state index >= 15 is 0 Å². The average Bonchev–Trinajstić information content (AvgIpc) is 3.16. The number of carbonyl (C=O) groups excluding carboxylic acids is 1. The van der Waals surface area contributed by atoms with Gasteiger partial charge in [0.15, 0.2) is 0 Å². The normalized spacial score (nSPS) is 22.6. The molecule has 0 bridgehead atoms. The number of fused-ring (bicyclic) bond motifs is 1. The Morgan fingerprint density at radius 1 is 1.13 bits per heavy atom. The van der Waals surface area contributed by atoms with Gasteiger partial charge in [0.05, 0.1) is 18.2 Å². The summed E-state index contributed by atoms with van der Waals surface area (Å²) < 4.78 is 5.18. The van der Waals surface area contributed by atoms with Crippen LogP contribution >= 0.6 is 0 Å². The van der Waals surface area contributed by atoms with Gasteiger partial charge in [-0.25, -0.2) is 0 Å². The first-order valence-corrected chi connectivity index (χ1v) is 11.0. The molecule has 0 N–H and O–H groups in total. The minimum atomic E-state index is -0.0714. The number of likely N-dealkylation sites (tertiary alicyclic amines) is 1. The van der Waals surface area contributed by atoms with Crippen molar-refractivity contribution in [2.24, 2.45) is 11.1 Å². The van der Waals surface area contributed by atoms with Crippen molar-refractivity contribution in [2.45, 2.75) is 32.1 Å². The first-order chi connectivity index (χ1) is 14.8. The van der Waals surface area contributed by atoms with E-state index in [-0.39, 0.29) is 11.9 Å². The van der Waals surface area contributed by atoms with Gasteiger partial charge < -0.3 is 9.57 Å². The molecule has 30 heavy (non-hydrogen) atoms. The third-order valence-corrected chi connectivity index (χ3v) is 6.05. The Bertz CT molecular complexity index is 881. The molecule has 2 unspecified atom stereocenters. The Balaban J connectivity index is 1.34. The van der Waals surface area contributed by atoms with Crippen LogP contribution in [0.15, 0.2) is 59.8 Å². The molecule has 2 aromatic carbocycles. The Hall–Kier alpha value is -2.66. The SMILES string of the molecule is CCOC(=O)C1CCCN(CCON=C2CC(c3ccccc3)c3ccccc32)C1. The van der Waals surface area contributed by atoms with Crippen LogP contribution in [-0.2, 0) is 14.4 Å². The van der Waals surface area contributed by atoms with Crippen LogP contribution in [0.25, 0.3) is 0 Å². The summed E-state index contributed by atoms with van der Waals surface area (Å²) in [6.45, 7) is 5.34. The van der Waals surface area contributed by atoms with Gasteiger partial charge in [-0.1, -0.05) is 59.8 Å². The minimum Gasteiger partial charge on any atom is -0.466 e. The van der Waals surface area contributed by atoms with Crippen molar-refractivity contribution in [2.75, 3.05) is 32.8 Å². The van der Waals surface area contributed by atoms with Gasteiger partial charge in [0.1, 0.15) is 6.61 Å². The molecule has 0 spiro atoms. The monoisotopic (exact) mass is 406 g/mol. The zero-order chi connectivity index (χ0) is 20.8. The molecule has 0 saturated carbocycles. The zero-order valence-electron chi connectivity index (χ0n) is 17.6. The van der Waals surface area contributed by atoms with Crippen LogP contribution in [0.3, 0.4) is 0 Å². The predicted molar refractivity (Wildman–Crippen MR) is 118 cm³/mol. The molecule has 0 aromatic heterocycles. The fourth-order valence-corrected chi connectivity index (χ4v) is 4.55. The Morgan fingerprint density at radius 3 is 2.77 bits per heavy atom. The third kappa shape index (κ3) is 4.73. The van der Waals surface area contributed by atoms with Crippen LogP contribution in [0, 0.1) is 5.92 Å². The number of nitrogens with zero attached hydrogens (tertiary/aromatic N) is 2. The molecule has 1 fully saturated rings. The molecular formula is C25H30N2O3. The second-order valence-corrected chi connectivity index (χ2v) is 8.02. The summed E-state index contributed by atoms with van der Waals surface area (Å²) in [6.07, 6.45) is 2.79. The summed E-state index contributed by atoms with van der Waals surface area (Å²) in [7, 11) is 0. The van der Waals surface area contributed by atoms with Gasteiger partial charge in [0.2, 0.25) is 0 Å². The maximum atomic E-state index is 12.0. The molecule has 2 atom stereocenters. The number of benzene rings is 2. The maximum absolute atomic E-state index is 12.0. The third-order valence-electron chi connectivity index (χ3n) is 6.05. The molecule has 1 saturated heterocycles. The highest BCUT2D eigenvalue weighted by Crippen LogP contribution is 2.38. The molecule has 4 rings (SSSR count). The van der Waals surface area contributed by atoms with Crippen molar-refractivity contribution < 1.29 is 14.4 Å². The average molecular weight is 407 g/mol. The van der Waals surface area contributed by atoms with Crippen molar-refractivity contribution in [3.8, 4) is 0 Å². The molecule has 2 aromatic rings. The molecule has 5 nitrogen and oxygen atoms in total. The van der Waals surface area contributed by atoms with Gasteiger partial charge in [0, 0.05) is 31.0 Å². The van der Waals surface area contributed by atoms with Crippen LogP contribution < -0.4 is 0 Å². The van der Waals surface area contributed by atoms with Gasteiger partial charge in [0.25, 0.3) is 0 Å². The van der Waals surface area contributed by atoms with Gasteiger partial charge in [-0.05, 0) is 37.4 Å². The fraction of sp³-hybridized carbons (Fsp3) is 0.440. The molecule has 5 heteroatoms. The van der Waals surface area contributed by atoms with Gasteiger partial charge in [-0.2, -0.15) is 0 Å². The lowest BCUT2D eigenvalue weighted by molar-refractivity contribution is -0.150. The van der Waals surface area contributed by atoms with Gasteiger partial charge in [-0.3, -0.25) is 9.69 Å². The molecule has 0 amide bonds. The number of rotatable bonds is 7. The minimum absolute atomic E-state index is 0.0154. The first kappa shape index (κ1) is 20.6. The zero-order valence-corrected chi connectivity index (χ0v) is 17.6. The summed E-state index contributed by atoms with van der Waals surface area (Å²) in [5.74, 6) is 0.244. The quantitative estimate of drug-likeness (QED) is 0.393. The second-order valence-electron chi connectivity index (χ2n) is 8.02. The number of ether oxygens (including phenoxy) is 1. The summed E-state index contributed by atoms with van der Waals surface area (Å²) in [4.78, 5) is 20.0. The first-order valence-electron chi connectivity index (χ1n) is 11.0. The van der Waals surface area contributed by atoms with E-state index < -0.39 is 0 Å². The van der Waals surface area contributed by atoms with Crippen molar-refractivity contribution in [3.63, 3.8) is 0 Å². The summed E-state index contributed by atoms with van der Waals surface area (Å²) in [5.41, 5.74) is 4.84. The lowest BCUT2D eigenvalue weighted by Crippen LogP contribution is -2.40. The van der Waals surface area contributed by atoms with Crippen molar-refractivity contribution >= 4 is 11.7 Å². The standard InChI is InChI=1S/C25H30N2O3/c1-2-29-25(28)20-11-8-14-27(18-20)15-16-30-26-24-17-23(19-9-4-3-5-10-19)21-12-6-7-13-22(21)24/h3-7,9-10,12-13,20,23H,2,8,11,14-18H2,1H3. The lowest BCUT2D eigenvalue weighted by atomic mass is 9.93. The van der Waals surface area contributed by atoms with E-state index in [1.807, 2.05) is 6.92 Å². The van der Waals surface area contributed by atoms with E-state index in [2.05, 4.69) is 64.7 Å². The predicted octanol–water partition coefficient (Wildman–Crippen LogP) is 4.22. The molecule has 158 valence electrons. The highest BCUT2D eigenvalue weighted by molar-refractivity contribution is 6.05. The van der Waals surface area contributed by atoms with Crippen LogP contribution in [-0.4, -0.2) is 49.4 Å². The Labute approximate surface area is 178 Å². The molecule has 1 aliphatic heterocycles. The number of carbonyl (C=O) groups is 1. The molecule has 0 radical (unpaired) electrons. The van der Waals surface area contributed by atoms with E-state index in [4.69, 9.17) is 9.57 Å². The topological polar surface area (TPSA) is 51.1 Å². The van der Waals surface area contributed by atoms with E-state index in [9.17, 15) is 4.79 Å². The summed E-state index contributed by atoms with van der Waals surface area (Å²) in [5, 5.41) is 4.51. The molecule has 2 aliphatic rings. The highest BCUT2D eigenvalue weighted by atomic mass is 16.6. The van der Waals surface area contributed by atoms with E-state index in [0.717, 1.165) is 44.6 Å². The summed E-state index contributed by atoms with van der Waals surface area (Å²) >= 11 is 0. The molecular weight excluding hydrogens is 376 g/mol. The van der Waals surface area contributed by atoms with E-state index in [1.54, 1.807) is 0 Å². The largest absolute Gasteiger partial charge is 0.466 e. The number of hydrogen-bond donors (Lipinski definition) is 0.